The molecule has 7 heteroatoms. The lowest BCUT2D eigenvalue weighted by atomic mass is 10.1. The number of rotatable bonds is 4. The van der Waals surface area contributed by atoms with Gasteiger partial charge in [0, 0.05) is 10.0 Å². The molecule has 0 aliphatic heterocycles. The van der Waals surface area contributed by atoms with Crippen LogP contribution in [-0.4, -0.2) is 9.97 Å². The van der Waals surface area contributed by atoms with E-state index in [1.165, 1.54) is 0 Å². The molecule has 1 aromatic heterocycles. The van der Waals surface area contributed by atoms with Crippen LogP contribution in [0.3, 0.4) is 0 Å². The summed E-state index contributed by atoms with van der Waals surface area (Å²) in [6, 6.07) is 5.06. The molecule has 1 atom stereocenters. The maximum atomic E-state index is 12.9. The molecule has 1 N–H and O–H groups in total. The molecular formula is C14H13Cl3FN3. The van der Waals surface area contributed by atoms with Gasteiger partial charge in [-0.25, -0.2) is 14.4 Å². The first-order valence-electron chi connectivity index (χ1n) is 6.22. The fourth-order valence-electron chi connectivity index (χ4n) is 1.94. The Morgan fingerprint density at radius 2 is 1.95 bits per heavy atom. The number of halogens is 4. The standard InChI is InChI=1S/C14H13Cl3FN3/c1-7(10-4-3-9(15)5-11(10)16)19-14-13(17)12(6-18)20-8(2)21-14/h3-5,7H,6H2,1-2H3,(H,19,20,21). The van der Waals surface area contributed by atoms with Gasteiger partial charge in [0.1, 0.15) is 23.3 Å². The number of nitrogens with zero attached hydrogens (tertiary/aromatic N) is 2. The van der Waals surface area contributed by atoms with E-state index >= 15 is 0 Å². The van der Waals surface area contributed by atoms with Crippen molar-refractivity contribution < 1.29 is 4.39 Å². The number of anilines is 1. The van der Waals surface area contributed by atoms with Crippen LogP contribution in [0.4, 0.5) is 10.2 Å². The third-order valence-electron chi connectivity index (χ3n) is 2.94. The zero-order chi connectivity index (χ0) is 15.6. The molecule has 1 heterocycles. The lowest BCUT2D eigenvalue weighted by molar-refractivity contribution is 0.474. The van der Waals surface area contributed by atoms with Gasteiger partial charge in [-0.2, -0.15) is 0 Å². The number of benzene rings is 1. The minimum absolute atomic E-state index is 0.168. The number of hydrogen-bond donors (Lipinski definition) is 1. The Bertz CT molecular complexity index is 664. The van der Waals surface area contributed by atoms with Crippen LogP contribution in [0.2, 0.25) is 15.1 Å². The van der Waals surface area contributed by atoms with Gasteiger partial charge < -0.3 is 5.32 Å². The summed E-state index contributed by atoms with van der Waals surface area (Å²) < 4.78 is 12.9. The second-order valence-corrected chi connectivity index (χ2v) is 5.77. The Balaban J connectivity index is 2.31. The molecule has 3 nitrogen and oxygen atoms in total. The predicted octanol–water partition coefficient (Wildman–Crippen LogP) is 5.39. The van der Waals surface area contributed by atoms with Crippen molar-refractivity contribution in [3.8, 4) is 0 Å². The third kappa shape index (κ3) is 3.76. The number of hydrogen-bond acceptors (Lipinski definition) is 3. The minimum Gasteiger partial charge on any atom is -0.362 e. The van der Waals surface area contributed by atoms with E-state index in [0.717, 1.165) is 5.56 Å². The van der Waals surface area contributed by atoms with Crippen molar-refractivity contribution in [1.29, 1.82) is 0 Å². The molecule has 0 bridgehead atoms. The van der Waals surface area contributed by atoms with Gasteiger partial charge in [-0.05, 0) is 31.5 Å². The Kier molecular flexibility index (Phi) is 5.25. The van der Waals surface area contributed by atoms with Gasteiger partial charge in [-0.1, -0.05) is 40.9 Å². The highest BCUT2D eigenvalue weighted by Crippen LogP contribution is 2.31. The van der Waals surface area contributed by atoms with Crippen LogP contribution < -0.4 is 5.32 Å². The Morgan fingerprint density at radius 1 is 1.24 bits per heavy atom. The van der Waals surface area contributed by atoms with Gasteiger partial charge in [0.05, 0.1) is 11.7 Å². The fourth-order valence-corrected chi connectivity index (χ4v) is 2.70. The molecule has 0 amide bonds. The monoisotopic (exact) mass is 347 g/mol. The van der Waals surface area contributed by atoms with Crippen molar-refractivity contribution in [3.63, 3.8) is 0 Å². The third-order valence-corrected chi connectivity index (χ3v) is 3.90. The molecule has 0 saturated heterocycles. The number of aryl methyl sites for hydroxylation is 1. The summed E-state index contributed by atoms with van der Waals surface area (Å²) in [4.78, 5) is 8.16. The fraction of sp³-hybridized carbons (Fsp3) is 0.286. The molecule has 1 unspecified atom stereocenters. The van der Waals surface area contributed by atoms with Crippen LogP contribution >= 0.6 is 34.8 Å². The molecule has 0 radical (unpaired) electrons. The van der Waals surface area contributed by atoms with Gasteiger partial charge in [0.15, 0.2) is 0 Å². The molecule has 21 heavy (non-hydrogen) atoms. The lowest BCUT2D eigenvalue weighted by Crippen LogP contribution is -2.11. The van der Waals surface area contributed by atoms with Gasteiger partial charge in [0.2, 0.25) is 0 Å². The number of aromatic nitrogens is 2. The molecule has 0 aliphatic rings. The molecule has 0 spiro atoms. The SMILES string of the molecule is Cc1nc(CF)c(Cl)c(NC(C)c2ccc(Cl)cc2Cl)n1. The van der Waals surface area contributed by atoms with Crippen molar-refractivity contribution in [2.45, 2.75) is 26.6 Å². The highest BCUT2D eigenvalue weighted by atomic mass is 35.5. The zero-order valence-electron chi connectivity index (χ0n) is 11.4. The smallest absolute Gasteiger partial charge is 0.149 e. The maximum Gasteiger partial charge on any atom is 0.149 e. The van der Waals surface area contributed by atoms with Crippen LogP contribution in [0.1, 0.15) is 30.0 Å². The molecular weight excluding hydrogens is 336 g/mol. The summed E-state index contributed by atoms with van der Waals surface area (Å²) in [5, 5.41) is 4.40. The predicted molar refractivity (Wildman–Crippen MR) is 85.1 cm³/mol. The van der Waals surface area contributed by atoms with Gasteiger partial charge in [-0.15, -0.1) is 0 Å². The Morgan fingerprint density at radius 3 is 2.57 bits per heavy atom. The molecule has 2 rings (SSSR count). The number of nitrogens with one attached hydrogen (secondary N) is 1. The number of alkyl halides is 1. The summed E-state index contributed by atoms with van der Waals surface area (Å²) in [6.07, 6.45) is 0. The van der Waals surface area contributed by atoms with Gasteiger partial charge >= 0.3 is 0 Å². The summed E-state index contributed by atoms with van der Waals surface area (Å²) in [5.41, 5.74) is 1.01. The van der Waals surface area contributed by atoms with Crippen molar-refractivity contribution in [2.24, 2.45) is 0 Å². The van der Waals surface area contributed by atoms with Crippen LogP contribution in [-0.2, 0) is 6.67 Å². The van der Waals surface area contributed by atoms with Crippen molar-refractivity contribution in [2.75, 3.05) is 5.32 Å². The van der Waals surface area contributed by atoms with E-state index in [4.69, 9.17) is 34.8 Å². The highest BCUT2D eigenvalue weighted by Gasteiger charge is 2.15. The van der Waals surface area contributed by atoms with E-state index in [9.17, 15) is 4.39 Å². The summed E-state index contributed by atoms with van der Waals surface area (Å²) >= 11 is 18.1. The summed E-state index contributed by atoms with van der Waals surface area (Å²) in [5.74, 6) is 0.833. The van der Waals surface area contributed by atoms with Gasteiger partial charge in [0.25, 0.3) is 0 Å². The molecule has 0 saturated carbocycles. The van der Waals surface area contributed by atoms with Crippen LogP contribution in [0, 0.1) is 6.92 Å². The largest absolute Gasteiger partial charge is 0.362 e. The van der Waals surface area contributed by atoms with E-state index in [1.54, 1.807) is 19.1 Å². The van der Waals surface area contributed by atoms with Crippen molar-refractivity contribution in [3.05, 3.63) is 50.3 Å². The minimum atomic E-state index is -0.743. The Labute approximate surface area is 137 Å². The first kappa shape index (κ1) is 16.3. The Hall–Kier alpha value is -1.10. The maximum absolute atomic E-state index is 12.9. The second-order valence-electron chi connectivity index (χ2n) is 4.55. The van der Waals surface area contributed by atoms with E-state index in [0.29, 0.717) is 21.7 Å². The van der Waals surface area contributed by atoms with Crippen molar-refractivity contribution in [1.82, 2.24) is 9.97 Å². The molecule has 112 valence electrons. The first-order chi connectivity index (χ1) is 9.92. The van der Waals surface area contributed by atoms with Gasteiger partial charge in [-0.3, -0.25) is 0 Å². The highest BCUT2D eigenvalue weighted by molar-refractivity contribution is 6.35. The molecule has 2 aromatic rings. The van der Waals surface area contributed by atoms with E-state index in [1.807, 2.05) is 13.0 Å². The second kappa shape index (κ2) is 6.77. The average Bonchev–Trinajstić information content (AvgIpc) is 2.42. The molecule has 0 fully saturated rings. The normalized spacial score (nSPS) is 12.3. The van der Waals surface area contributed by atoms with Crippen molar-refractivity contribution >= 4 is 40.6 Å². The van der Waals surface area contributed by atoms with Crippen LogP contribution in [0.5, 0.6) is 0 Å². The molecule has 0 aliphatic carbocycles. The van der Waals surface area contributed by atoms with E-state index in [-0.39, 0.29) is 16.8 Å². The van der Waals surface area contributed by atoms with Crippen LogP contribution in [0.25, 0.3) is 0 Å². The first-order valence-corrected chi connectivity index (χ1v) is 7.36. The van der Waals surface area contributed by atoms with Crippen LogP contribution in [0.15, 0.2) is 18.2 Å². The average molecular weight is 349 g/mol. The zero-order valence-corrected chi connectivity index (χ0v) is 13.7. The summed E-state index contributed by atoms with van der Waals surface area (Å²) in [7, 11) is 0. The van der Waals surface area contributed by atoms with E-state index in [2.05, 4.69) is 15.3 Å². The summed E-state index contributed by atoms with van der Waals surface area (Å²) in [6.45, 7) is 2.84. The topological polar surface area (TPSA) is 37.8 Å². The van der Waals surface area contributed by atoms with E-state index < -0.39 is 6.67 Å². The lowest BCUT2D eigenvalue weighted by Gasteiger charge is -2.18. The molecule has 1 aromatic carbocycles. The quantitative estimate of drug-likeness (QED) is 0.805.